The van der Waals surface area contributed by atoms with Crippen molar-refractivity contribution in [2.45, 2.75) is 52.4 Å². The third-order valence-electron chi connectivity index (χ3n) is 3.07. The van der Waals surface area contributed by atoms with Crippen LogP contribution in [0.2, 0.25) is 0 Å². The smallest absolute Gasteiger partial charge is 0.271 e. The van der Waals surface area contributed by atoms with E-state index in [2.05, 4.69) is 22.8 Å². The third-order valence-corrected chi connectivity index (χ3v) is 3.07. The predicted octanol–water partition coefficient (Wildman–Crippen LogP) is 2.51. The number of amides is 2. The van der Waals surface area contributed by atoms with Gasteiger partial charge in [0, 0.05) is 12.6 Å². The molecule has 1 heterocycles. The number of aromatic nitrogens is 1. The molecule has 5 nitrogen and oxygen atoms in total. The van der Waals surface area contributed by atoms with Gasteiger partial charge in [-0.1, -0.05) is 32.6 Å². The van der Waals surface area contributed by atoms with E-state index in [9.17, 15) is 9.59 Å². The van der Waals surface area contributed by atoms with Crippen molar-refractivity contribution in [3.05, 3.63) is 29.6 Å². The molecule has 2 N–H and O–H groups in total. The number of nitrogens with one attached hydrogen (secondary N) is 2. The molecule has 0 aliphatic rings. The quantitative estimate of drug-likeness (QED) is 0.594. The van der Waals surface area contributed by atoms with E-state index in [-0.39, 0.29) is 11.8 Å². The van der Waals surface area contributed by atoms with Crippen LogP contribution in [0.5, 0.6) is 0 Å². The first-order chi connectivity index (χ1) is 9.65. The van der Waals surface area contributed by atoms with E-state index in [1.54, 1.807) is 25.3 Å². The third kappa shape index (κ3) is 5.82. The average Bonchev–Trinajstić information content (AvgIpc) is 2.45. The standard InChI is InChI=1S/C15H23N3O2/c1-3-4-5-6-7-10-14(19)17-18-15(20)13-9-8-11-16-12(13)2/h8-9,11H,3-7,10H2,1-2H3,(H,17,19)(H,18,20). The zero-order chi connectivity index (χ0) is 14.8. The van der Waals surface area contributed by atoms with Crippen LogP contribution in [0.1, 0.15) is 61.5 Å². The van der Waals surface area contributed by atoms with E-state index < -0.39 is 0 Å². The minimum absolute atomic E-state index is 0.156. The molecule has 0 aromatic carbocycles. The fraction of sp³-hybridized carbons (Fsp3) is 0.533. The first-order valence-electron chi connectivity index (χ1n) is 7.16. The van der Waals surface area contributed by atoms with Gasteiger partial charge in [0.15, 0.2) is 0 Å². The van der Waals surface area contributed by atoms with Gasteiger partial charge in [-0.15, -0.1) is 0 Å². The second kappa shape index (κ2) is 9.07. The second-order valence-electron chi connectivity index (χ2n) is 4.80. The number of unbranched alkanes of at least 4 members (excludes halogenated alkanes) is 4. The number of hydrazine groups is 1. The van der Waals surface area contributed by atoms with E-state index in [1.165, 1.54) is 12.8 Å². The molecule has 0 radical (unpaired) electrons. The van der Waals surface area contributed by atoms with Gasteiger partial charge in [-0.05, 0) is 25.5 Å². The molecule has 0 aliphatic carbocycles. The van der Waals surface area contributed by atoms with E-state index >= 15 is 0 Å². The lowest BCUT2D eigenvalue weighted by Crippen LogP contribution is -2.41. The highest BCUT2D eigenvalue weighted by Crippen LogP contribution is 2.05. The Morgan fingerprint density at radius 3 is 2.60 bits per heavy atom. The van der Waals surface area contributed by atoms with Crippen LogP contribution >= 0.6 is 0 Å². The number of rotatable bonds is 7. The van der Waals surface area contributed by atoms with E-state index in [4.69, 9.17) is 0 Å². The van der Waals surface area contributed by atoms with Crippen molar-refractivity contribution >= 4 is 11.8 Å². The molecule has 0 spiro atoms. The van der Waals surface area contributed by atoms with Crippen molar-refractivity contribution in [1.29, 1.82) is 0 Å². The molecule has 5 heteroatoms. The number of hydrogen-bond donors (Lipinski definition) is 2. The van der Waals surface area contributed by atoms with E-state index in [1.807, 2.05) is 0 Å². The molecule has 1 aromatic heterocycles. The fourth-order valence-electron chi connectivity index (χ4n) is 1.87. The Morgan fingerprint density at radius 1 is 1.15 bits per heavy atom. The van der Waals surface area contributed by atoms with Gasteiger partial charge in [0.05, 0.1) is 11.3 Å². The summed E-state index contributed by atoms with van der Waals surface area (Å²) in [4.78, 5) is 27.4. The zero-order valence-corrected chi connectivity index (χ0v) is 12.2. The summed E-state index contributed by atoms with van der Waals surface area (Å²) in [5, 5.41) is 0. The van der Waals surface area contributed by atoms with Crippen LogP contribution in [0.25, 0.3) is 0 Å². The van der Waals surface area contributed by atoms with Crippen LogP contribution in [-0.4, -0.2) is 16.8 Å². The number of aryl methyl sites for hydroxylation is 1. The molecule has 0 unspecified atom stereocenters. The Hall–Kier alpha value is -1.91. The summed E-state index contributed by atoms with van der Waals surface area (Å²) in [5.41, 5.74) is 5.95. The number of carbonyl (C=O) groups is 2. The maximum Gasteiger partial charge on any atom is 0.271 e. The maximum absolute atomic E-state index is 11.8. The van der Waals surface area contributed by atoms with Gasteiger partial charge in [0.25, 0.3) is 5.91 Å². The molecule has 20 heavy (non-hydrogen) atoms. The van der Waals surface area contributed by atoms with Gasteiger partial charge >= 0.3 is 0 Å². The molecule has 0 atom stereocenters. The van der Waals surface area contributed by atoms with Crippen LogP contribution in [-0.2, 0) is 4.79 Å². The normalized spacial score (nSPS) is 10.1. The monoisotopic (exact) mass is 277 g/mol. The molecular weight excluding hydrogens is 254 g/mol. The lowest BCUT2D eigenvalue weighted by molar-refractivity contribution is -0.122. The molecule has 0 aliphatic heterocycles. The number of nitrogens with zero attached hydrogens (tertiary/aromatic N) is 1. The number of hydrogen-bond acceptors (Lipinski definition) is 3. The summed E-state index contributed by atoms with van der Waals surface area (Å²) < 4.78 is 0. The molecule has 0 saturated heterocycles. The van der Waals surface area contributed by atoms with Crippen LogP contribution in [0.4, 0.5) is 0 Å². The van der Waals surface area contributed by atoms with Gasteiger partial charge in [0.1, 0.15) is 0 Å². The van der Waals surface area contributed by atoms with Gasteiger partial charge in [-0.2, -0.15) is 0 Å². The Morgan fingerprint density at radius 2 is 1.90 bits per heavy atom. The van der Waals surface area contributed by atoms with Crippen molar-refractivity contribution in [2.75, 3.05) is 0 Å². The van der Waals surface area contributed by atoms with Crippen molar-refractivity contribution in [2.24, 2.45) is 0 Å². The maximum atomic E-state index is 11.8. The first-order valence-corrected chi connectivity index (χ1v) is 7.16. The van der Waals surface area contributed by atoms with Gasteiger partial charge in [0.2, 0.25) is 5.91 Å². The Kier molecular flexibility index (Phi) is 7.32. The highest BCUT2D eigenvalue weighted by atomic mass is 16.2. The van der Waals surface area contributed by atoms with Gasteiger partial charge < -0.3 is 0 Å². The SMILES string of the molecule is CCCCCCCC(=O)NNC(=O)c1cccnc1C. The van der Waals surface area contributed by atoms with Crippen LogP contribution in [0.3, 0.4) is 0 Å². The Balaban J connectivity index is 2.24. The largest absolute Gasteiger partial charge is 0.273 e. The topological polar surface area (TPSA) is 71.1 Å². The summed E-state index contributed by atoms with van der Waals surface area (Å²) in [7, 11) is 0. The molecule has 110 valence electrons. The molecule has 0 saturated carbocycles. The predicted molar refractivity (Wildman–Crippen MR) is 78.0 cm³/mol. The Bertz CT molecular complexity index is 446. The lowest BCUT2D eigenvalue weighted by atomic mass is 10.1. The minimum Gasteiger partial charge on any atom is -0.273 e. The summed E-state index contributed by atoms with van der Waals surface area (Å²) in [6.07, 6.45) is 7.53. The van der Waals surface area contributed by atoms with E-state index in [0.29, 0.717) is 17.7 Å². The average molecular weight is 277 g/mol. The van der Waals surface area contributed by atoms with E-state index in [0.717, 1.165) is 19.3 Å². The Labute approximate surface area is 120 Å². The molecular formula is C15H23N3O2. The number of pyridine rings is 1. The summed E-state index contributed by atoms with van der Waals surface area (Å²) in [6, 6.07) is 3.37. The molecule has 0 bridgehead atoms. The lowest BCUT2D eigenvalue weighted by Gasteiger charge is -2.08. The van der Waals surface area contributed by atoms with Crippen molar-refractivity contribution < 1.29 is 9.59 Å². The molecule has 1 rings (SSSR count). The second-order valence-corrected chi connectivity index (χ2v) is 4.80. The summed E-state index contributed by atoms with van der Waals surface area (Å²) in [6.45, 7) is 3.91. The molecule has 1 aromatic rings. The molecule has 0 fully saturated rings. The summed E-state index contributed by atoms with van der Waals surface area (Å²) in [5.74, 6) is -0.494. The van der Waals surface area contributed by atoms with Crippen molar-refractivity contribution in [1.82, 2.24) is 15.8 Å². The van der Waals surface area contributed by atoms with Crippen molar-refractivity contribution in [3.63, 3.8) is 0 Å². The van der Waals surface area contributed by atoms with Crippen molar-refractivity contribution in [3.8, 4) is 0 Å². The van der Waals surface area contributed by atoms with Crippen LogP contribution in [0.15, 0.2) is 18.3 Å². The van der Waals surface area contributed by atoms with Gasteiger partial charge in [-0.3, -0.25) is 25.4 Å². The van der Waals surface area contributed by atoms with Crippen LogP contribution in [0, 0.1) is 6.92 Å². The highest BCUT2D eigenvalue weighted by molar-refractivity contribution is 5.96. The first kappa shape index (κ1) is 16.1. The van der Waals surface area contributed by atoms with Crippen LogP contribution < -0.4 is 10.9 Å². The van der Waals surface area contributed by atoms with Gasteiger partial charge in [-0.25, -0.2) is 0 Å². The number of carbonyl (C=O) groups excluding carboxylic acids is 2. The fourth-order valence-corrected chi connectivity index (χ4v) is 1.87. The highest BCUT2D eigenvalue weighted by Gasteiger charge is 2.09. The molecule has 2 amide bonds. The summed E-state index contributed by atoms with van der Waals surface area (Å²) >= 11 is 0. The zero-order valence-electron chi connectivity index (χ0n) is 12.2. The minimum atomic E-state index is -0.338.